The minimum Gasteiger partial charge on any atom is -0.424 e. The molecule has 228 valence electrons. The third-order valence-electron chi connectivity index (χ3n) is 7.58. The molecule has 5 aromatic rings. The first-order chi connectivity index (χ1) is 21.7. The van der Waals surface area contributed by atoms with Crippen molar-refractivity contribution in [2.45, 2.75) is 32.1 Å². The number of amides is 2. The summed E-state index contributed by atoms with van der Waals surface area (Å²) in [6.07, 6.45) is 2.93. The smallest absolute Gasteiger partial charge is 0.321 e. The standard InChI is InChI=1S/C33H26ClF2N5O4/c1-19(42)25-17-40(28-11-10-21(15-24(25)28)45-33-37-12-5-13-38-33)18-30(43)41-16-20(35)14-29(41)32(44)39-27-9-4-7-23(31(27)36)22-6-2-3-8-26(22)34/h2-13,15,17,20,29H,14,16,18H2,1H3,(H,39,44)/t20-,29+/m1/s1. The van der Waals surface area contributed by atoms with Crippen LogP contribution in [0.1, 0.15) is 23.7 Å². The van der Waals surface area contributed by atoms with E-state index in [4.69, 9.17) is 16.3 Å². The van der Waals surface area contributed by atoms with Gasteiger partial charge in [-0.05, 0) is 43.3 Å². The molecule has 0 radical (unpaired) electrons. The van der Waals surface area contributed by atoms with E-state index >= 15 is 4.39 Å². The number of alkyl halides is 1. The SMILES string of the molecule is CC(=O)c1cn(CC(=O)N2C[C@H](F)C[C@H]2C(=O)Nc2cccc(-c3ccccc3Cl)c2F)c2ccc(Oc3ncccn3)cc12. The molecule has 0 saturated carbocycles. The fourth-order valence-corrected chi connectivity index (χ4v) is 5.71. The van der Waals surface area contributed by atoms with Gasteiger partial charge >= 0.3 is 6.01 Å². The summed E-state index contributed by atoms with van der Waals surface area (Å²) in [6, 6.07) is 16.8. The maximum Gasteiger partial charge on any atom is 0.321 e. The molecular formula is C33H26ClF2N5O4. The molecule has 12 heteroatoms. The zero-order valence-electron chi connectivity index (χ0n) is 23.9. The molecule has 2 atom stereocenters. The van der Waals surface area contributed by atoms with Crippen LogP contribution in [0, 0.1) is 5.82 Å². The molecule has 1 aliphatic heterocycles. The third-order valence-corrected chi connectivity index (χ3v) is 7.91. The van der Waals surface area contributed by atoms with E-state index < -0.39 is 29.8 Å². The van der Waals surface area contributed by atoms with Crippen molar-refractivity contribution < 1.29 is 27.9 Å². The Kier molecular flexibility index (Phi) is 8.27. The Labute approximate surface area is 261 Å². The van der Waals surface area contributed by atoms with Gasteiger partial charge in [-0.25, -0.2) is 18.7 Å². The van der Waals surface area contributed by atoms with Gasteiger partial charge in [-0.1, -0.05) is 41.9 Å². The second kappa shape index (κ2) is 12.4. The number of hydrogen-bond donors (Lipinski definition) is 1. The maximum atomic E-state index is 15.5. The lowest BCUT2D eigenvalue weighted by molar-refractivity contribution is -0.137. The molecule has 0 bridgehead atoms. The van der Waals surface area contributed by atoms with Gasteiger partial charge in [-0.3, -0.25) is 14.4 Å². The van der Waals surface area contributed by atoms with Crippen molar-refractivity contribution in [1.29, 1.82) is 0 Å². The molecule has 0 unspecified atom stereocenters. The van der Waals surface area contributed by atoms with Crippen LogP contribution in [-0.4, -0.2) is 55.8 Å². The van der Waals surface area contributed by atoms with Gasteiger partial charge in [0.2, 0.25) is 11.8 Å². The number of benzene rings is 3. The normalized spacial score (nSPS) is 16.1. The van der Waals surface area contributed by atoms with Crippen molar-refractivity contribution in [1.82, 2.24) is 19.4 Å². The highest BCUT2D eigenvalue weighted by Crippen LogP contribution is 2.34. The zero-order valence-corrected chi connectivity index (χ0v) is 24.7. The number of aromatic nitrogens is 3. The fourth-order valence-electron chi connectivity index (χ4n) is 5.47. The van der Waals surface area contributed by atoms with Crippen LogP contribution in [0.15, 0.2) is 85.3 Å². The summed E-state index contributed by atoms with van der Waals surface area (Å²) < 4.78 is 37.5. The summed E-state index contributed by atoms with van der Waals surface area (Å²) in [5, 5.41) is 3.41. The van der Waals surface area contributed by atoms with Crippen LogP contribution in [0.25, 0.3) is 22.0 Å². The summed E-state index contributed by atoms with van der Waals surface area (Å²) in [5.74, 6) is -1.80. The molecule has 1 aliphatic rings. The summed E-state index contributed by atoms with van der Waals surface area (Å²) in [7, 11) is 0. The van der Waals surface area contributed by atoms with Crippen molar-refractivity contribution in [3.63, 3.8) is 0 Å². The second-order valence-electron chi connectivity index (χ2n) is 10.6. The van der Waals surface area contributed by atoms with Crippen molar-refractivity contribution in [2.24, 2.45) is 0 Å². The van der Waals surface area contributed by atoms with Gasteiger partial charge in [0, 0.05) is 57.6 Å². The molecule has 3 heterocycles. The highest BCUT2D eigenvalue weighted by Gasteiger charge is 2.40. The van der Waals surface area contributed by atoms with E-state index in [0.29, 0.717) is 32.8 Å². The molecule has 2 amide bonds. The molecule has 1 fully saturated rings. The van der Waals surface area contributed by atoms with Crippen LogP contribution in [0.3, 0.4) is 0 Å². The monoisotopic (exact) mass is 629 g/mol. The van der Waals surface area contributed by atoms with E-state index in [2.05, 4.69) is 15.3 Å². The average molecular weight is 630 g/mol. The number of Topliss-reactive ketones (excluding diaryl/α,β-unsaturated/α-hetero) is 1. The topological polar surface area (TPSA) is 106 Å². The number of halogens is 3. The Balaban J connectivity index is 1.23. The van der Waals surface area contributed by atoms with Crippen molar-refractivity contribution >= 4 is 45.8 Å². The first kappa shape index (κ1) is 29.9. The summed E-state index contributed by atoms with van der Waals surface area (Å²) in [5.41, 5.74) is 1.43. The van der Waals surface area contributed by atoms with Gasteiger partial charge in [-0.15, -0.1) is 0 Å². The number of anilines is 1. The molecule has 9 nitrogen and oxygen atoms in total. The minimum absolute atomic E-state index is 0.117. The maximum absolute atomic E-state index is 15.5. The Bertz CT molecular complexity index is 1930. The zero-order chi connectivity index (χ0) is 31.7. The van der Waals surface area contributed by atoms with E-state index in [-0.39, 0.29) is 42.6 Å². The number of likely N-dealkylation sites (tertiary alicyclic amines) is 1. The predicted molar refractivity (Wildman–Crippen MR) is 165 cm³/mol. The quantitative estimate of drug-likeness (QED) is 0.197. The number of ether oxygens (including phenoxy) is 1. The average Bonchev–Trinajstić information content (AvgIpc) is 3.59. The lowest BCUT2D eigenvalue weighted by atomic mass is 10.0. The Morgan fingerprint density at radius 3 is 2.53 bits per heavy atom. The van der Waals surface area contributed by atoms with Gasteiger partial charge in [0.25, 0.3) is 0 Å². The number of carbonyl (C=O) groups excluding carboxylic acids is 3. The lowest BCUT2D eigenvalue weighted by Gasteiger charge is -2.24. The molecule has 3 aromatic carbocycles. The van der Waals surface area contributed by atoms with Gasteiger partial charge in [0.1, 0.15) is 24.5 Å². The predicted octanol–water partition coefficient (Wildman–Crippen LogP) is 6.46. The van der Waals surface area contributed by atoms with Crippen molar-refractivity contribution in [2.75, 3.05) is 11.9 Å². The van der Waals surface area contributed by atoms with Crippen molar-refractivity contribution in [3.8, 4) is 22.9 Å². The molecule has 2 aromatic heterocycles. The summed E-state index contributed by atoms with van der Waals surface area (Å²) in [6.45, 7) is 0.842. The molecular weight excluding hydrogens is 604 g/mol. The summed E-state index contributed by atoms with van der Waals surface area (Å²) >= 11 is 6.25. The molecule has 0 spiro atoms. The van der Waals surface area contributed by atoms with Crippen LogP contribution in [0.4, 0.5) is 14.5 Å². The number of carbonyl (C=O) groups is 3. The molecule has 45 heavy (non-hydrogen) atoms. The molecule has 1 saturated heterocycles. The number of rotatable bonds is 8. The Hall–Kier alpha value is -5.16. The summed E-state index contributed by atoms with van der Waals surface area (Å²) in [4.78, 5) is 48.6. The number of ketones is 1. The van der Waals surface area contributed by atoms with Crippen LogP contribution in [0.2, 0.25) is 5.02 Å². The van der Waals surface area contributed by atoms with Crippen LogP contribution in [0.5, 0.6) is 11.8 Å². The van der Waals surface area contributed by atoms with E-state index in [1.165, 1.54) is 31.5 Å². The van der Waals surface area contributed by atoms with Crippen molar-refractivity contribution in [3.05, 3.63) is 102 Å². The fraction of sp³-hybridized carbons (Fsp3) is 0.182. The number of nitrogens with zero attached hydrogens (tertiary/aromatic N) is 4. The highest BCUT2D eigenvalue weighted by molar-refractivity contribution is 6.33. The van der Waals surface area contributed by atoms with Gasteiger partial charge in [0.15, 0.2) is 11.6 Å². The van der Waals surface area contributed by atoms with E-state index in [9.17, 15) is 18.8 Å². The highest BCUT2D eigenvalue weighted by atomic mass is 35.5. The van der Waals surface area contributed by atoms with Gasteiger partial charge in [-0.2, -0.15) is 0 Å². The van der Waals surface area contributed by atoms with Crippen LogP contribution >= 0.6 is 11.6 Å². The van der Waals surface area contributed by atoms with E-state index in [1.54, 1.807) is 65.4 Å². The largest absolute Gasteiger partial charge is 0.424 e. The molecule has 0 aliphatic carbocycles. The first-order valence-electron chi connectivity index (χ1n) is 14.1. The lowest BCUT2D eigenvalue weighted by Crippen LogP contribution is -2.44. The van der Waals surface area contributed by atoms with Crippen LogP contribution < -0.4 is 10.1 Å². The van der Waals surface area contributed by atoms with Crippen LogP contribution in [-0.2, 0) is 16.1 Å². The Morgan fingerprint density at radius 1 is 1.02 bits per heavy atom. The number of fused-ring (bicyclic) bond motifs is 1. The molecule has 6 rings (SSSR count). The molecule has 1 N–H and O–H groups in total. The Morgan fingerprint density at radius 2 is 1.78 bits per heavy atom. The number of nitrogens with one attached hydrogen (secondary N) is 1. The van der Waals surface area contributed by atoms with Gasteiger partial charge < -0.3 is 19.5 Å². The van der Waals surface area contributed by atoms with Gasteiger partial charge in [0.05, 0.1) is 12.2 Å². The van der Waals surface area contributed by atoms with E-state index in [0.717, 1.165) is 4.90 Å². The number of hydrogen-bond acceptors (Lipinski definition) is 6. The minimum atomic E-state index is -1.45. The first-order valence-corrected chi connectivity index (χ1v) is 14.4. The van der Waals surface area contributed by atoms with E-state index in [1.807, 2.05) is 0 Å². The second-order valence-corrected chi connectivity index (χ2v) is 11.0. The third kappa shape index (κ3) is 6.12.